The van der Waals surface area contributed by atoms with Gasteiger partial charge >= 0.3 is 11.9 Å². The molecule has 0 aliphatic rings. The Kier molecular flexibility index (Phi) is 7.23. The number of rotatable bonds is 10. The first kappa shape index (κ1) is 15.1. The average Bonchev–Trinajstić information content (AvgIpc) is 2.85. The maximum Gasteiger partial charge on any atom is 0.312 e. The van der Waals surface area contributed by atoms with Gasteiger partial charge < -0.3 is 9.84 Å². The number of ether oxygens (including phenoxy) is 1. The zero-order valence-electron chi connectivity index (χ0n) is 10.8. The van der Waals surface area contributed by atoms with Gasteiger partial charge in [-0.05, 0) is 12.8 Å². The molecule has 0 atom stereocenters. The van der Waals surface area contributed by atoms with E-state index in [0.29, 0.717) is 6.42 Å². The third-order valence-corrected chi connectivity index (χ3v) is 2.63. The lowest BCUT2D eigenvalue weighted by Crippen LogP contribution is -2.07. The number of hydrogen-bond donors (Lipinski definition) is 2. The number of aromatic amines is 1. The Morgan fingerprint density at radius 3 is 2.32 bits per heavy atom. The quantitative estimate of drug-likeness (QED) is 0.496. The molecule has 0 spiro atoms. The molecule has 7 nitrogen and oxygen atoms in total. The molecule has 19 heavy (non-hydrogen) atoms. The molecule has 0 bridgehead atoms. The highest BCUT2D eigenvalue weighted by molar-refractivity contribution is 5.71. The van der Waals surface area contributed by atoms with Gasteiger partial charge in [0.05, 0.1) is 0 Å². The van der Waals surface area contributed by atoms with E-state index in [9.17, 15) is 9.59 Å². The molecular weight excluding hydrogens is 250 g/mol. The molecule has 0 aromatic carbocycles. The smallest absolute Gasteiger partial charge is 0.312 e. The Balaban J connectivity index is 1.90. The number of carboxylic acid groups (broad SMARTS) is 1. The number of nitrogens with zero attached hydrogens (tertiary/aromatic N) is 2. The van der Waals surface area contributed by atoms with Crippen LogP contribution in [-0.2, 0) is 9.59 Å². The van der Waals surface area contributed by atoms with Gasteiger partial charge in [0.25, 0.3) is 5.88 Å². The number of carbonyl (C=O) groups is 2. The Morgan fingerprint density at radius 1 is 1.11 bits per heavy atom. The van der Waals surface area contributed by atoms with E-state index in [4.69, 9.17) is 9.84 Å². The Morgan fingerprint density at radius 2 is 1.74 bits per heavy atom. The maximum absolute atomic E-state index is 11.4. The van der Waals surface area contributed by atoms with Crippen LogP contribution in [0.4, 0.5) is 0 Å². The zero-order chi connectivity index (χ0) is 13.9. The fraction of sp³-hybridized carbons (Fsp3) is 0.667. The molecule has 0 aliphatic carbocycles. The molecule has 0 unspecified atom stereocenters. The Bertz CT molecular complexity index is 378. The van der Waals surface area contributed by atoms with Crippen LogP contribution in [0.15, 0.2) is 6.20 Å². The normalized spacial score (nSPS) is 10.3. The molecule has 0 saturated heterocycles. The van der Waals surface area contributed by atoms with Crippen LogP contribution >= 0.6 is 0 Å². The van der Waals surface area contributed by atoms with E-state index in [1.54, 1.807) is 0 Å². The highest BCUT2D eigenvalue weighted by atomic mass is 16.5. The molecule has 1 aromatic heterocycles. The number of aliphatic carboxylic acids is 1. The van der Waals surface area contributed by atoms with Crippen molar-refractivity contribution in [3.63, 3.8) is 0 Å². The molecule has 0 aliphatic heterocycles. The minimum Gasteiger partial charge on any atom is -0.481 e. The fourth-order valence-electron chi connectivity index (χ4n) is 1.66. The van der Waals surface area contributed by atoms with Gasteiger partial charge in [-0.25, -0.2) is 0 Å². The second-order valence-corrected chi connectivity index (χ2v) is 4.30. The van der Waals surface area contributed by atoms with Crippen LogP contribution in [0.2, 0.25) is 0 Å². The molecule has 0 amide bonds. The highest BCUT2D eigenvalue weighted by Gasteiger charge is 2.06. The molecular formula is C12H19N3O4. The van der Waals surface area contributed by atoms with E-state index in [1.807, 2.05) is 0 Å². The van der Waals surface area contributed by atoms with Crippen LogP contribution in [0, 0.1) is 0 Å². The summed E-state index contributed by atoms with van der Waals surface area (Å²) < 4.78 is 4.92. The van der Waals surface area contributed by atoms with E-state index in [1.165, 1.54) is 6.20 Å². The van der Waals surface area contributed by atoms with Crippen LogP contribution in [-0.4, -0.2) is 32.5 Å². The summed E-state index contributed by atoms with van der Waals surface area (Å²) >= 11 is 0. The Labute approximate surface area is 111 Å². The molecule has 106 valence electrons. The van der Waals surface area contributed by atoms with E-state index in [0.717, 1.165) is 38.5 Å². The monoisotopic (exact) mass is 269 g/mol. The van der Waals surface area contributed by atoms with Crippen molar-refractivity contribution in [1.29, 1.82) is 0 Å². The SMILES string of the molecule is O=C(O)CCCCCCCCC(=O)Oc1cn[nH]n1. The van der Waals surface area contributed by atoms with Gasteiger partial charge in [-0.3, -0.25) is 9.59 Å². The van der Waals surface area contributed by atoms with Gasteiger partial charge in [-0.1, -0.05) is 25.7 Å². The maximum atomic E-state index is 11.4. The molecule has 0 saturated carbocycles. The van der Waals surface area contributed by atoms with Crippen molar-refractivity contribution in [3.8, 4) is 5.88 Å². The van der Waals surface area contributed by atoms with Crippen LogP contribution < -0.4 is 4.74 Å². The fourth-order valence-corrected chi connectivity index (χ4v) is 1.66. The van der Waals surface area contributed by atoms with Gasteiger partial charge in [0.2, 0.25) is 0 Å². The average molecular weight is 269 g/mol. The van der Waals surface area contributed by atoms with Gasteiger partial charge in [0.1, 0.15) is 6.20 Å². The Hall–Kier alpha value is -1.92. The van der Waals surface area contributed by atoms with Crippen molar-refractivity contribution >= 4 is 11.9 Å². The second kappa shape index (κ2) is 9.07. The molecule has 1 heterocycles. The minimum absolute atomic E-state index is 0.193. The number of nitrogens with one attached hydrogen (secondary N) is 1. The lowest BCUT2D eigenvalue weighted by atomic mass is 10.1. The van der Waals surface area contributed by atoms with E-state index in [2.05, 4.69) is 15.4 Å². The summed E-state index contributed by atoms with van der Waals surface area (Å²) in [6.45, 7) is 0. The number of aromatic nitrogens is 3. The summed E-state index contributed by atoms with van der Waals surface area (Å²) in [5.74, 6) is -0.853. The standard InChI is InChI=1S/C12H19N3O4/c16-11(17)7-5-3-1-2-4-6-8-12(18)19-10-9-13-15-14-10/h9H,1-8H2,(H,16,17)(H,13,14,15). The number of hydrogen-bond acceptors (Lipinski definition) is 5. The number of unbranched alkanes of at least 4 members (excludes halogenated alkanes) is 5. The summed E-state index contributed by atoms with van der Waals surface area (Å²) in [4.78, 5) is 21.6. The first-order valence-corrected chi connectivity index (χ1v) is 6.46. The van der Waals surface area contributed by atoms with E-state index < -0.39 is 5.97 Å². The van der Waals surface area contributed by atoms with Crippen LogP contribution in [0.3, 0.4) is 0 Å². The summed E-state index contributed by atoms with van der Waals surface area (Å²) in [6.07, 6.45) is 7.34. The van der Waals surface area contributed by atoms with Gasteiger partial charge in [-0.2, -0.15) is 10.3 Å². The molecule has 0 radical (unpaired) electrons. The van der Waals surface area contributed by atoms with Crippen LogP contribution in [0.1, 0.15) is 51.4 Å². The number of carbonyl (C=O) groups excluding carboxylic acids is 1. The second-order valence-electron chi connectivity index (χ2n) is 4.30. The highest BCUT2D eigenvalue weighted by Crippen LogP contribution is 2.10. The van der Waals surface area contributed by atoms with Crippen molar-refractivity contribution < 1.29 is 19.4 Å². The summed E-state index contributed by atoms with van der Waals surface area (Å²) in [7, 11) is 0. The molecule has 1 rings (SSSR count). The van der Waals surface area contributed by atoms with Gasteiger partial charge in [-0.15, -0.1) is 5.10 Å². The van der Waals surface area contributed by atoms with Gasteiger partial charge in [0.15, 0.2) is 0 Å². The summed E-state index contributed by atoms with van der Waals surface area (Å²) in [5.41, 5.74) is 0. The van der Waals surface area contributed by atoms with Crippen molar-refractivity contribution in [3.05, 3.63) is 6.20 Å². The molecule has 2 N–H and O–H groups in total. The van der Waals surface area contributed by atoms with Crippen molar-refractivity contribution in [2.75, 3.05) is 0 Å². The third-order valence-electron chi connectivity index (χ3n) is 2.63. The van der Waals surface area contributed by atoms with Crippen molar-refractivity contribution in [1.82, 2.24) is 15.4 Å². The molecule has 7 heteroatoms. The lowest BCUT2D eigenvalue weighted by Gasteiger charge is -2.01. The summed E-state index contributed by atoms with van der Waals surface area (Å²) in [5, 5.41) is 18.0. The number of carboxylic acids is 1. The number of H-pyrrole nitrogens is 1. The molecule has 0 fully saturated rings. The van der Waals surface area contributed by atoms with Crippen molar-refractivity contribution in [2.24, 2.45) is 0 Å². The summed E-state index contributed by atoms with van der Waals surface area (Å²) in [6, 6.07) is 0. The molecule has 1 aromatic rings. The van der Waals surface area contributed by atoms with Gasteiger partial charge in [0, 0.05) is 12.8 Å². The van der Waals surface area contributed by atoms with Crippen LogP contribution in [0.25, 0.3) is 0 Å². The first-order chi connectivity index (χ1) is 9.18. The third kappa shape index (κ3) is 7.91. The predicted octanol–water partition coefficient (Wildman–Crippen LogP) is 1.92. The minimum atomic E-state index is -0.740. The predicted molar refractivity (Wildman–Crippen MR) is 66.6 cm³/mol. The van der Waals surface area contributed by atoms with Crippen LogP contribution in [0.5, 0.6) is 5.88 Å². The number of esters is 1. The van der Waals surface area contributed by atoms with E-state index in [-0.39, 0.29) is 18.3 Å². The van der Waals surface area contributed by atoms with E-state index >= 15 is 0 Å². The topological polar surface area (TPSA) is 105 Å². The van der Waals surface area contributed by atoms with Crippen molar-refractivity contribution in [2.45, 2.75) is 51.4 Å². The first-order valence-electron chi connectivity index (χ1n) is 6.46. The largest absolute Gasteiger partial charge is 0.481 e. The zero-order valence-corrected chi connectivity index (χ0v) is 10.8. The lowest BCUT2D eigenvalue weighted by molar-refractivity contribution is -0.137.